The van der Waals surface area contributed by atoms with Crippen molar-refractivity contribution in [2.45, 2.75) is 57.6 Å². The van der Waals surface area contributed by atoms with Crippen LogP contribution in [0.3, 0.4) is 0 Å². The van der Waals surface area contributed by atoms with Gasteiger partial charge in [-0.25, -0.2) is 4.39 Å². The maximum Gasteiger partial charge on any atom is 0.387 e. The first-order valence-corrected chi connectivity index (χ1v) is 12.9. The number of rotatable bonds is 11. The molecule has 1 unspecified atom stereocenters. The van der Waals surface area contributed by atoms with Crippen molar-refractivity contribution in [3.63, 3.8) is 0 Å². The number of halogens is 3. The number of allylic oxidation sites excluding steroid dienone is 3. The predicted molar refractivity (Wildman–Crippen MR) is 137 cm³/mol. The van der Waals surface area contributed by atoms with Crippen LogP contribution in [0.5, 0.6) is 5.75 Å². The Hall–Kier alpha value is -3.35. The van der Waals surface area contributed by atoms with Crippen LogP contribution < -0.4 is 4.74 Å². The molecule has 0 aromatic heterocycles. The van der Waals surface area contributed by atoms with Gasteiger partial charge in [0.05, 0.1) is 18.3 Å². The zero-order valence-corrected chi connectivity index (χ0v) is 20.7. The molecular weight excluding hydrogens is 477 g/mol. The summed E-state index contributed by atoms with van der Waals surface area (Å²) in [5.41, 5.74) is 2.31. The molecule has 7 heteroatoms. The van der Waals surface area contributed by atoms with E-state index in [0.717, 1.165) is 48.9 Å². The summed E-state index contributed by atoms with van der Waals surface area (Å²) in [7, 11) is 0. The minimum absolute atomic E-state index is 0.102. The van der Waals surface area contributed by atoms with E-state index < -0.39 is 12.0 Å². The van der Waals surface area contributed by atoms with Crippen LogP contribution in [-0.4, -0.2) is 30.2 Å². The molecule has 2 aromatic carbocycles. The second kappa shape index (κ2) is 11.0. The van der Waals surface area contributed by atoms with E-state index >= 15 is 0 Å². The standard InChI is InChI=1S/C30H31F3N2O2/c31-24-11-5-21(6-12-24)15-16-30(17-18-30)28(36)35(20-25-4-2-1-3-19-34-25)27(22-7-8-22)23-9-13-26(14-10-23)37-29(32)33/h1-2,4-6,9-14,19,22,27,29H,3,7-8,15-18,20H2. The third-order valence-corrected chi connectivity index (χ3v) is 7.48. The van der Waals surface area contributed by atoms with E-state index in [9.17, 15) is 18.0 Å². The Morgan fingerprint density at radius 1 is 1.08 bits per heavy atom. The van der Waals surface area contributed by atoms with Crippen LogP contribution in [0, 0.1) is 17.2 Å². The van der Waals surface area contributed by atoms with Crippen molar-refractivity contribution in [3.05, 3.63) is 89.4 Å². The summed E-state index contributed by atoms with van der Waals surface area (Å²) in [4.78, 5) is 20.8. The number of amides is 1. The van der Waals surface area contributed by atoms with Crippen molar-refractivity contribution in [2.75, 3.05) is 6.54 Å². The van der Waals surface area contributed by atoms with E-state index in [1.54, 1.807) is 36.4 Å². The lowest BCUT2D eigenvalue weighted by atomic mass is 9.92. The summed E-state index contributed by atoms with van der Waals surface area (Å²) in [6.45, 7) is -2.50. The Bertz CT molecular complexity index is 1180. The fourth-order valence-corrected chi connectivity index (χ4v) is 5.12. The van der Waals surface area contributed by atoms with Gasteiger partial charge in [0.15, 0.2) is 0 Å². The van der Waals surface area contributed by atoms with Crippen LogP contribution in [0.1, 0.15) is 55.7 Å². The smallest absolute Gasteiger partial charge is 0.387 e. The highest BCUT2D eigenvalue weighted by Crippen LogP contribution is 2.54. The summed E-state index contributed by atoms with van der Waals surface area (Å²) in [5, 5.41) is 0. The van der Waals surface area contributed by atoms with Crippen LogP contribution >= 0.6 is 0 Å². The summed E-state index contributed by atoms with van der Waals surface area (Å²) < 4.78 is 43.3. The van der Waals surface area contributed by atoms with E-state index in [1.807, 2.05) is 29.3 Å². The zero-order valence-electron chi connectivity index (χ0n) is 20.7. The summed E-state index contributed by atoms with van der Waals surface area (Å²) in [6, 6.07) is 13.0. The largest absolute Gasteiger partial charge is 0.435 e. The second-order valence-electron chi connectivity index (χ2n) is 10.2. The molecule has 0 bridgehead atoms. The first-order chi connectivity index (χ1) is 17.9. The second-order valence-corrected chi connectivity index (χ2v) is 10.2. The maximum absolute atomic E-state index is 14.3. The highest BCUT2D eigenvalue weighted by Gasteiger charge is 2.53. The van der Waals surface area contributed by atoms with E-state index in [2.05, 4.69) is 9.73 Å². The van der Waals surface area contributed by atoms with Crippen molar-refractivity contribution in [1.82, 2.24) is 4.90 Å². The van der Waals surface area contributed by atoms with E-state index in [1.165, 1.54) is 12.1 Å². The van der Waals surface area contributed by atoms with Crippen LogP contribution in [0.4, 0.5) is 13.2 Å². The Kier molecular flexibility index (Phi) is 7.49. The first kappa shape index (κ1) is 25.3. The number of hydrogen-bond donors (Lipinski definition) is 0. The molecule has 2 saturated carbocycles. The van der Waals surface area contributed by atoms with Gasteiger partial charge >= 0.3 is 6.61 Å². The molecule has 5 rings (SSSR count). The quantitative estimate of drug-likeness (QED) is 0.327. The number of carbonyl (C=O) groups is 1. The van der Waals surface area contributed by atoms with Gasteiger partial charge in [0.25, 0.3) is 0 Å². The Labute approximate surface area is 215 Å². The van der Waals surface area contributed by atoms with Crippen LogP contribution in [0.2, 0.25) is 0 Å². The van der Waals surface area contributed by atoms with Gasteiger partial charge in [-0.3, -0.25) is 9.79 Å². The lowest BCUT2D eigenvalue weighted by molar-refractivity contribution is -0.140. The zero-order chi connectivity index (χ0) is 25.8. The number of nitrogens with zero attached hydrogens (tertiary/aromatic N) is 2. The number of aryl methyl sites for hydroxylation is 1. The van der Waals surface area contributed by atoms with Crippen molar-refractivity contribution < 1.29 is 22.7 Å². The Balaban J connectivity index is 1.42. The van der Waals surface area contributed by atoms with Gasteiger partial charge in [0, 0.05) is 18.1 Å². The summed E-state index contributed by atoms with van der Waals surface area (Å²) in [6.07, 6.45) is 13.6. The molecule has 2 aliphatic carbocycles. The number of aliphatic imine (C=N–C) groups is 1. The molecule has 1 aliphatic heterocycles. The molecule has 3 aliphatic rings. The molecule has 2 fully saturated rings. The minimum atomic E-state index is -2.88. The number of ether oxygens (including phenoxy) is 1. The molecule has 1 atom stereocenters. The molecule has 37 heavy (non-hydrogen) atoms. The molecule has 0 saturated heterocycles. The molecule has 1 amide bonds. The molecule has 194 valence electrons. The lowest BCUT2D eigenvalue weighted by Gasteiger charge is -2.35. The van der Waals surface area contributed by atoms with E-state index in [4.69, 9.17) is 0 Å². The number of benzene rings is 2. The first-order valence-electron chi connectivity index (χ1n) is 12.9. The monoisotopic (exact) mass is 508 g/mol. The summed E-state index contributed by atoms with van der Waals surface area (Å²) in [5.74, 6) is 0.259. The van der Waals surface area contributed by atoms with Crippen LogP contribution in [0.25, 0.3) is 0 Å². The van der Waals surface area contributed by atoms with Gasteiger partial charge < -0.3 is 9.64 Å². The van der Waals surface area contributed by atoms with Crippen molar-refractivity contribution >= 4 is 12.1 Å². The number of hydrogen-bond acceptors (Lipinski definition) is 3. The number of carbonyl (C=O) groups excluding carboxylic acids is 1. The van der Waals surface area contributed by atoms with Gasteiger partial charge in [-0.15, -0.1) is 0 Å². The normalized spacial score (nSPS) is 18.8. The maximum atomic E-state index is 14.3. The minimum Gasteiger partial charge on any atom is -0.435 e. The SMILES string of the molecule is O=C(N(CC1=CC=CCC=N1)C(c1ccc(OC(F)F)cc1)C1CC1)C1(CCc2ccc(F)cc2)CC1. The van der Waals surface area contributed by atoms with Gasteiger partial charge in [-0.05, 0) is 85.9 Å². The molecular formula is C30H31F3N2O2. The molecule has 0 spiro atoms. The van der Waals surface area contributed by atoms with Gasteiger partial charge in [-0.2, -0.15) is 8.78 Å². The average Bonchev–Trinajstić information content (AvgIpc) is 3.79. The van der Waals surface area contributed by atoms with Gasteiger partial charge in [0.2, 0.25) is 5.91 Å². The van der Waals surface area contributed by atoms with E-state index in [-0.39, 0.29) is 23.5 Å². The Morgan fingerprint density at radius 2 is 1.81 bits per heavy atom. The fourth-order valence-electron chi connectivity index (χ4n) is 5.12. The third-order valence-electron chi connectivity index (χ3n) is 7.48. The Morgan fingerprint density at radius 3 is 2.46 bits per heavy atom. The van der Waals surface area contributed by atoms with Gasteiger partial charge in [0.1, 0.15) is 11.6 Å². The average molecular weight is 509 g/mol. The fraction of sp³-hybridized carbons (Fsp3) is 0.400. The highest BCUT2D eigenvalue weighted by atomic mass is 19.3. The molecule has 1 heterocycles. The molecule has 0 N–H and O–H groups in total. The lowest BCUT2D eigenvalue weighted by Crippen LogP contribution is -2.42. The van der Waals surface area contributed by atoms with Crippen LogP contribution in [-0.2, 0) is 11.2 Å². The highest BCUT2D eigenvalue weighted by molar-refractivity contribution is 5.86. The van der Waals surface area contributed by atoms with Gasteiger partial charge in [-0.1, -0.05) is 36.4 Å². The van der Waals surface area contributed by atoms with Crippen molar-refractivity contribution in [3.8, 4) is 5.75 Å². The van der Waals surface area contributed by atoms with Crippen LogP contribution in [0.15, 0.2) is 77.4 Å². The molecule has 2 aromatic rings. The van der Waals surface area contributed by atoms with E-state index in [0.29, 0.717) is 25.3 Å². The van der Waals surface area contributed by atoms with Crippen molar-refractivity contribution in [1.29, 1.82) is 0 Å². The van der Waals surface area contributed by atoms with Crippen molar-refractivity contribution in [2.24, 2.45) is 16.3 Å². The molecule has 4 nitrogen and oxygen atoms in total. The summed E-state index contributed by atoms with van der Waals surface area (Å²) >= 11 is 0. The topological polar surface area (TPSA) is 41.9 Å². The predicted octanol–water partition coefficient (Wildman–Crippen LogP) is 7.03. The molecule has 0 radical (unpaired) electrons. The third kappa shape index (κ3) is 6.32. The number of alkyl halides is 2.